The first-order chi connectivity index (χ1) is 13.7. The Kier molecular flexibility index (Phi) is 7.27. The first-order valence-corrected chi connectivity index (χ1v) is 11.0. The molecule has 0 bridgehead atoms. The van der Waals surface area contributed by atoms with Crippen molar-refractivity contribution in [1.29, 1.82) is 0 Å². The number of thioether (sulfide) groups is 1. The fraction of sp³-hybridized carbons (Fsp3) is 0.389. The van der Waals surface area contributed by atoms with Gasteiger partial charge in [0, 0.05) is 5.88 Å². The molecule has 2 aliphatic rings. The third kappa shape index (κ3) is 5.33. The number of benzene rings is 1. The van der Waals surface area contributed by atoms with E-state index >= 15 is 0 Å². The first-order valence-electron chi connectivity index (χ1n) is 8.41. The quantitative estimate of drug-likeness (QED) is 0.236. The van der Waals surface area contributed by atoms with E-state index in [-0.39, 0.29) is 23.8 Å². The zero-order valence-electron chi connectivity index (χ0n) is 14.9. The predicted octanol–water partition coefficient (Wildman–Crippen LogP) is 3.82. The number of β-lactam (4-membered cyclic amide) rings is 1. The highest BCUT2D eigenvalue weighted by molar-refractivity contribution is 8.15. The molecule has 0 radical (unpaired) electrons. The van der Waals surface area contributed by atoms with E-state index in [2.05, 4.69) is 11.6 Å². The molecule has 29 heavy (non-hydrogen) atoms. The van der Waals surface area contributed by atoms with E-state index in [9.17, 15) is 9.59 Å². The molecule has 0 N–H and O–H groups in total. The standard InChI is InChI=1S/C18H16Cl4N2O4S/c1-10(7-19)14(17(26)28-9-18(20,21)22)24-15(25)13-16(24)29-12(23-13)8-27-11-5-3-2-4-6-11/h2-6,13-14,16H,1,7-9H2. The molecule has 0 spiro atoms. The second-order valence-corrected chi connectivity index (χ2v) is 10.2. The van der Waals surface area contributed by atoms with Gasteiger partial charge in [-0.1, -0.05) is 71.3 Å². The highest BCUT2D eigenvalue weighted by atomic mass is 35.6. The molecule has 2 heterocycles. The van der Waals surface area contributed by atoms with Crippen molar-refractivity contribution in [2.75, 3.05) is 19.1 Å². The fourth-order valence-electron chi connectivity index (χ4n) is 2.82. The lowest BCUT2D eigenvalue weighted by molar-refractivity contribution is -0.160. The van der Waals surface area contributed by atoms with Gasteiger partial charge >= 0.3 is 5.97 Å². The van der Waals surface area contributed by atoms with Crippen molar-refractivity contribution in [1.82, 2.24) is 4.90 Å². The molecule has 3 unspecified atom stereocenters. The summed E-state index contributed by atoms with van der Waals surface area (Å²) in [6.07, 6.45) is 0. The van der Waals surface area contributed by atoms with Crippen LogP contribution in [0.4, 0.5) is 0 Å². The number of carbonyl (C=O) groups is 2. The van der Waals surface area contributed by atoms with E-state index in [0.717, 1.165) is 0 Å². The summed E-state index contributed by atoms with van der Waals surface area (Å²) in [5.41, 5.74) is 0.308. The van der Waals surface area contributed by atoms with Gasteiger partial charge in [-0.3, -0.25) is 9.79 Å². The van der Waals surface area contributed by atoms with Crippen LogP contribution in [0, 0.1) is 0 Å². The van der Waals surface area contributed by atoms with E-state index in [1.807, 2.05) is 30.3 Å². The van der Waals surface area contributed by atoms with Crippen LogP contribution in [0.3, 0.4) is 0 Å². The number of carbonyl (C=O) groups excluding carboxylic acids is 2. The number of amides is 1. The number of nitrogens with zero attached hydrogens (tertiary/aromatic N) is 2. The van der Waals surface area contributed by atoms with Gasteiger partial charge in [0.1, 0.15) is 29.4 Å². The SMILES string of the molecule is C=C(CCl)C(C(=O)OCC(Cl)(Cl)Cl)N1C(=O)C2N=C(COc3ccccc3)SC21. The molecule has 1 saturated heterocycles. The Bertz CT molecular complexity index is 831. The van der Waals surface area contributed by atoms with Crippen LogP contribution in [-0.4, -0.2) is 62.2 Å². The summed E-state index contributed by atoms with van der Waals surface area (Å²) in [7, 11) is 0. The number of hydrogen-bond donors (Lipinski definition) is 0. The van der Waals surface area contributed by atoms with E-state index in [4.69, 9.17) is 55.9 Å². The second kappa shape index (κ2) is 9.35. The molecular weight excluding hydrogens is 482 g/mol. The first kappa shape index (κ1) is 22.6. The normalized spacial score (nSPS) is 21.7. The summed E-state index contributed by atoms with van der Waals surface area (Å²) >= 11 is 24.1. The molecular formula is C18H16Cl4N2O4S. The third-order valence-electron chi connectivity index (χ3n) is 4.14. The van der Waals surface area contributed by atoms with Crippen LogP contribution in [0.15, 0.2) is 47.5 Å². The van der Waals surface area contributed by atoms with Gasteiger partial charge in [-0.15, -0.1) is 11.6 Å². The van der Waals surface area contributed by atoms with Crippen LogP contribution in [0.2, 0.25) is 0 Å². The molecule has 11 heteroatoms. The Morgan fingerprint density at radius 3 is 2.62 bits per heavy atom. The van der Waals surface area contributed by atoms with Crippen molar-refractivity contribution in [2.45, 2.75) is 21.3 Å². The molecule has 2 aliphatic heterocycles. The van der Waals surface area contributed by atoms with Crippen LogP contribution < -0.4 is 4.74 Å². The van der Waals surface area contributed by atoms with Crippen molar-refractivity contribution in [2.24, 2.45) is 4.99 Å². The van der Waals surface area contributed by atoms with Crippen LogP contribution in [0.5, 0.6) is 5.75 Å². The number of para-hydroxylation sites is 1. The molecule has 0 aromatic heterocycles. The number of rotatable bonds is 8. The van der Waals surface area contributed by atoms with Crippen molar-refractivity contribution in [3.05, 3.63) is 42.5 Å². The molecule has 3 atom stereocenters. The largest absolute Gasteiger partial charge is 0.487 e. The molecule has 156 valence electrons. The molecule has 6 nitrogen and oxygen atoms in total. The third-order valence-corrected chi connectivity index (χ3v) is 6.03. The summed E-state index contributed by atoms with van der Waals surface area (Å²) in [5.74, 6) is -0.422. The minimum atomic E-state index is -1.77. The molecule has 0 saturated carbocycles. The number of alkyl halides is 4. The van der Waals surface area contributed by atoms with Crippen LogP contribution in [0.1, 0.15) is 0 Å². The smallest absolute Gasteiger partial charge is 0.333 e. The van der Waals surface area contributed by atoms with E-state index in [1.165, 1.54) is 16.7 Å². The number of esters is 1. The van der Waals surface area contributed by atoms with Gasteiger partial charge in [-0.25, -0.2) is 4.79 Å². The van der Waals surface area contributed by atoms with Crippen molar-refractivity contribution in [3.63, 3.8) is 0 Å². The molecule has 1 amide bonds. The fourth-order valence-corrected chi connectivity index (χ4v) is 4.36. The molecule has 1 fully saturated rings. The van der Waals surface area contributed by atoms with Gasteiger partial charge in [-0.05, 0) is 17.7 Å². The summed E-state index contributed by atoms with van der Waals surface area (Å²) < 4.78 is 8.97. The lowest BCUT2D eigenvalue weighted by Gasteiger charge is -2.45. The van der Waals surface area contributed by atoms with Gasteiger partial charge in [0.15, 0.2) is 12.1 Å². The maximum atomic E-state index is 12.6. The van der Waals surface area contributed by atoms with E-state index in [1.54, 1.807) is 0 Å². The van der Waals surface area contributed by atoms with Crippen molar-refractivity contribution in [3.8, 4) is 5.75 Å². The van der Waals surface area contributed by atoms with E-state index < -0.39 is 28.5 Å². The van der Waals surface area contributed by atoms with Gasteiger partial charge in [0.05, 0.1) is 0 Å². The Morgan fingerprint density at radius 2 is 2.00 bits per heavy atom. The summed E-state index contributed by atoms with van der Waals surface area (Å²) in [5, 5.41) is 0.284. The monoisotopic (exact) mass is 496 g/mol. The topological polar surface area (TPSA) is 68.2 Å². The highest BCUT2D eigenvalue weighted by Crippen LogP contribution is 2.42. The minimum absolute atomic E-state index is 0.0375. The van der Waals surface area contributed by atoms with E-state index in [0.29, 0.717) is 16.4 Å². The van der Waals surface area contributed by atoms with Crippen LogP contribution >= 0.6 is 58.2 Å². The zero-order chi connectivity index (χ0) is 21.2. The molecule has 1 aromatic carbocycles. The van der Waals surface area contributed by atoms with Crippen LogP contribution in [-0.2, 0) is 14.3 Å². The Balaban J connectivity index is 1.65. The maximum absolute atomic E-state index is 12.6. The van der Waals surface area contributed by atoms with Gasteiger partial charge in [0.25, 0.3) is 5.91 Å². The van der Waals surface area contributed by atoms with Gasteiger partial charge in [-0.2, -0.15) is 0 Å². The molecule has 3 rings (SSSR count). The molecule has 1 aromatic rings. The summed E-state index contributed by atoms with van der Waals surface area (Å²) in [6.45, 7) is 3.55. The lowest BCUT2D eigenvalue weighted by Crippen LogP contribution is -2.66. The number of halogens is 4. The number of ether oxygens (including phenoxy) is 2. The Morgan fingerprint density at radius 1 is 1.31 bits per heavy atom. The van der Waals surface area contributed by atoms with Crippen molar-refractivity contribution >= 4 is 75.1 Å². The summed E-state index contributed by atoms with van der Waals surface area (Å²) in [6, 6.07) is 7.60. The Hall–Kier alpha value is -1.12. The predicted molar refractivity (Wildman–Crippen MR) is 116 cm³/mol. The molecule has 0 aliphatic carbocycles. The average molecular weight is 498 g/mol. The maximum Gasteiger partial charge on any atom is 0.333 e. The Labute approximate surface area is 192 Å². The zero-order valence-corrected chi connectivity index (χ0v) is 18.7. The van der Waals surface area contributed by atoms with Crippen LogP contribution in [0.25, 0.3) is 0 Å². The number of aliphatic imine (C=N–C) groups is 1. The minimum Gasteiger partial charge on any atom is -0.487 e. The highest BCUT2D eigenvalue weighted by Gasteiger charge is 2.57. The van der Waals surface area contributed by atoms with Gasteiger partial charge in [0.2, 0.25) is 3.79 Å². The summed E-state index contributed by atoms with van der Waals surface area (Å²) in [4.78, 5) is 31.0. The second-order valence-electron chi connectivity index (χ2n) is 6.24. The van der Waals surface area contributed by atoms with Gasteiger partial charge < -0.3 is 14.4 Å². The lowest BCUT2D eigenvalue weighted by atomic mass is 10.00. The number of hydrogen-bond acceptors (Lipinski definition) is 6. The average Bonchev–Trinajstić information content (AvgIpc) is 3.07. The number of fused-ring (bicyclic) bond motifs is 1. The van der Waals surface area contributed by atoms with Crippen molar-refractivity contribution < 1.29 is 19.1 Å². The number of likely N-dealkylation sites (tertiary alicyclic amines) is 1.